The molecule has 3 heterocycles. The van der Waals surface area contributed by atoms with E-state index >= 15 is 0 Å². The predicted octanol–water partition coefficient (Wildman–Crippen LogP) is 3.83. The molecule has 3 rings (SSSR count). The second kappa shape index (κ2) is 7.00. The second-order valence-corrected chi connectivity index (χ2v) is 13.3. The van der Waals surface area contributed by atoms with Crippen molar-refractivity contribution in [3.63, 3.8) is 0 Å². The number of nitrogens with zero attached hydrogens (tertiary/aromatic N) is 3. The Morgan fingerprint density at radius 3 is 2.58 bits per heavy atom. The minimum absolute atomic E-state index is 0.0499. The number of anilines is 1. The average Bonchev–Trinajstić information content (AvgIpc) is 3.02. The second-order valence-electron chi connectivity index (χ2n) is 8.52. The first-order valence-corrected chi connectivity index (χ1v) is 12.2. The van der Waals surface area contributed by atoms with Gasteiger partial charge in [0.1, 0.15) is 5.82 Å². The van der Waals surface area contributed by atoms with Crippen molar-refractivity contribution in [3.05, 3.63) is 53.1 Å². The molecule has 1 aliphatic rings. The third-order valence-corrected chi connectivity index (χ3v) is 10.1. The Hall–Kier alpha value is -1.92. The van der Waals surface area contributed by atoms with Gasteiger partial charge in [-0.05, 0) is 42.8 Å². The zero-order chi connectivity index (χ0) is 18.9. The van der Waals surface area contributed by atoms with Gasteiger partial charge in [-0.2, -0.15) is 0 Å². The minimum Gasteiger partial charge on any atom is -0.412 e. The van der Waals surface area contributed by atoms with E-state index in [4.69, 9.17) is 4.43 Å². The van der Waals surface area contributed by atoms with Gasteiger partial charge in [0.25, 0.3) is 5.56 Å². The van der Waals surface area contributed by atoms with Gasteiger partial charge in [0.05, 0.1) is 18.0 Å². The third-order valence-electron chi connectivity index (χ3n) is 5.57. The lowest BCUT2D eigenvalue weighted by Crippen LogP contribution is -2.44. The summed E-state index contributed by atoms with van der Waals surface area (Å²) in [6, 6.07) is 9.08. The number of aromatic nitrogens is 2. The Morgan fingerprint density at radius 2 is 1.96 bits per heavy atom. The monoisotopic (exact) mass is 371 g/mol. The molecule has 0 aliphatic carbocycles. The Kier molecular flexibility index (Phi) is 5.08. The van der Waals surface area contributed by atoms with Crippen LogP contribution in [-0.4, -0.2) is 37.1 Å². The molecular formula is C20H29N3O2Si. The van der Waals surface area contributed by atoms with Gasteiger partial charge >= 0.3 is 0 Å². The number of hydrogen-bond donors (Lipinski definition) is 0. The van der Waals surface area contributed by atoms with Gasteiger partial charge in [-0.1, -0.05) is 26.8 Å². The van der Waals surface area contributed by atoms with Crippen molar-refractivity contribution in [2.45, 2.75) is 51.4 Å². The highest BCUT2D eigenvalue weighted by molar-refractivity contribution is 6.74. The largest absolute Gasteiger partial charge is 0.412 e. The van der Waals surface area contributed by atoms with E-state index in [0.717, 1.165) is 31.0 Å². The lowest BCUT2D eigenvalue weighted by molar-refractivity contribution is 0.202. The van der Waals surface area contributed by atoms with Gasteiger partial charge in [-0.3, -0.25) is 9.36 Å². The van der Waals surface area contributed by atoms with E-state index < -0.39 is 8.32 Å². The summed E-state index contributed by atoms with van der Waals surface area (Å²) in [6.07, 6.45) is 4.83. The highest BCUT2D eigenvalue weighted by Gasteiger charge is 2.40. The molecule has 0 saturated carbocycles. The van der Waals surface area contributed by atoms with Crippen molar-refractivity contribution in [2.75, 3.05) is 18.0 Å². The maximum atomic E-state index is 11.9. The zero-order valence-corrected chi connectivity index (χ0v) is 17.4. The molecule has 0 N–H and O–H groups in total. The summed E-state index contributed by atoms with van der Waals surface area (Å²) in [6.45, 7) is 13.3. The van der Waals surface area contributed by atoms with Gasteiger partial charge in [-0.25, -0.2) is 4.98 Å². The lowest BCUT2D eigenvalue weighted by atomic mass is 10.2. The first-order chi connectivity index (χ1) is 12.2. The molecule has 0 radical (unpaired) electrons. The molecule has 140 valence electrons. The molecule has 2 aromatic rings. The number of hydrogen-bond acceptors (Lipinski definition) is 4. The quantitative estimate of drug-likeness (QED) is 0.766. The van der Waals surface area contributed by atoms with E-state index in [0.29, 0.717) is 0 Å². The highest BCUT2D eigenvalue weighted by atomic mass is 28.4. The highest BCUT2D eigenvalue weighted by Crippen LogP contribution is 2.38. The average molecular weight is 372 g/mol. The smallest absolute Gasteiger partial charge is 0.255 e. The fourth-order valence-electron chi connectivity index (χ4n) is 2.97. The summed E-state index contributed by atoms with van der Waals surface area (Å²) in [5.74, 6) is 0.944. The Labute approximate surface area is 156 Å². The molecule has 0 spiro atoms. The molecule has 0 unspecified atom stereocenters. The van der Waals surface area contributed by atoms with Crippen molar-refractivity contribution in [1.29, 1.82) is 0 Å². The fourth-order valence-corrected chi connectivity index (χ4v) is 4.35. The number of pyridine rings is 2. The van der Waals surface area contributed by atoms with Crippen molar-refractivity contribution >= 4 is 14.1 Å². The van der Waals surface area contributed by atoms with Crippen LogP contribution in [0.2, 0.25) is 18.1 Å². The summed E-state index contributed by atoms with van der Waals surface area (Å²) >= 11 is 0. The van der Waals surface area contributed by atoms with E-state index in [-0.39, 0.29) is 16.7 Å². The molecule has 0 aromatic carbocycles. The summed E-state index contributed by atoms with van der Waals surface area (Å²) in [7, 11) is -1.74. The molecule has 1 saturated heterocycles. The zero-order valence-electron chi connectivity index (χ0n) is 16.4. The standard InChI is InChI=1S/C20H29N3O2Si/c1-20(2,3)26(4,5)25-17-11-13-22(15-17)18-10-9-16(14-21-18)23-12-7-6-8-19(23)24/h6-10,12,14,17H,11,13,15H2,1-5H3/t17-/m1/s1. The van der Waals surface area contributed by atoms with Gasteiger partial charge < -0.3 is 9.33 Å². The van der Waals surface area contributed by atoms with Crippen LogP contribution in [-0.2, 0) is 4.43 Å². The van der Waals surface area contributed by atoms with Gasteiger partial charge in [-0.15, -0.1) is 0 Å². The molecule has 0 bridgehead atoms. The normalized spacial score (nSPS) is 18.3. The minimum atomic E-state index is -1.74. The fraction of sp³-hybridized carbons (Fsp3) is 0.500. The summed E-state index contributed by atoms with van der Waals surface area (Å²) < 4.78 is 8.15. The predicted molar refractivity (Wildman–Crippen MR) is 109 cm³/mol. The molecular weight excluding hydrogens is 342 g/mol. The van der Waals surface area contributed by atoms with Crippen LogP contribution in [0.5, 0.6) is 0 Å². The molecule has 1 atom stereocenters. The van der Waals surface area contributed by atoms with Crippen LogP contribution >= 0.6 is 0 Å². The first-order valence-electron chi connectivity index (χ1n) is 9.24. The molecule has 2 aromatic heterocycles. The molecule has 1 fully saturated rings. The van der Waals surface area contributed by atoms with Crippen LogP contribution < -0.4 is 10.5 Å². The number of rotatable bonds is 4. The van der Waals surface area contributed by atoms with Gasteiger partial charge in [0.15, 0.2) is 8.32 Å². The Bertz CT molecular complexity index is 809. The van der Waals surface area contributed by atoms with Crippen LogP contribution in [0, 0.1) is 0 Å². The van der Waals surface area contributed by atoms with Crippen molar-refractivity contribution < 1.29 is 4.43 Å². The molecule has 1 aliphatic heterocycles. The molecule has 0 amide bonds. The van der Waals surface area contributed by atoms with E-state index in [9.17, 15) is 4.79 Å². The molecule has 26 heavy (non-hydrogen) atoms. The van der Waals surface area contributed by atoms with Gasteiger partial charge in [0.2, 0.25) is 0 Å². The van der Waals surface area contributed by atoms with Crippen molar-refractivity contribution in [2.24, 2.45) is 0 Å². The van der Waals surface area contributed by atoms with Crippen molar-refractivity contribution in [1.82, 2.24) is 9.55 Å². The van der Waals surface area contributed by atoms with Crippen LogP contribution in [0.25, 0.3) is 5.69 Å². The maximum Gasteiger partial charge on any atom is 0.255 e. The molecule has 6 heteroatoms. The SMILES string of the molecule is CC(C)(C)[Si](C)(C)O[C@@H]1CCN(c2ccc(-n3ccccc3=O)cn2)C1. The Morgan fingerprint density at radius 1 is 1.19 bits per heavy atom. The van der Waals surface area contributed by atoms with Crippen LogP contribution in [0.1, 0.15) is 27.2 Å². The van der Waals surface area contributed by atoms with Crippen molar-refractivity contribution in [3.8, 4) is 5.69 Å². The Balaban J connectivity index is 1.68. The summed E-state index contributed by atoms with van der Waals surface area (Å²) in [5.41, 5.74) is 0.735. The van der Waals surface area contributed by atoms with Crippen LogP contribution in [0.15, 0.2) is 47.5 Å². The summed E-state index contributed by atoms with van der Waals surface area (Å²) in [4.78, 5) is 18.8. The maximum absolute atomic E-state index is 11.9. The molecule has 5 nitrogen and oxygen atoms in total. The summed E-state index contributed by atoms with van der Waals surface area (Å²) in [5, 5.41) is 0.225. The third kappa shape index (κ3) is 3.91. The van der Waals surface area contributed by atoms with E-state index in [2.05, 4.69) is 43.7 Å². The van der Waals surface area contributed by atoms with E-state index in [1.807, 2.05) is 18.2 Å². The van der Waals surface area contributed by atoms with E-state index in [1.54, 1.807) is 29.1 Å². The van der Waals surface area contributed by atoms with Crippen LogP contribution in [0.4, 0.5) is 5.82 Å². The lowest BCUT2D eigenvalue weighted by Gasteiger charge is -2.38. The van der Waals surface area contributed by atoms with E-state index in [1.165, 1.54) is 0 Å². The van der Waals surface area contributed by atoms with Crippen LogP contribution in [0.3, 0.4) is 0 Å². The topological polar surface area (TPSA) is 47.4 Å². The first kappa shape index (κ1) is 18.9. The van der Waals surface area contributed by atoms with Gasteiger partial charge in [0, 0.05) is 25.4 Å².